The van der Waals surface area contributed by atoms with Gasteiger partial charge in [0, 0.05) is 0 Å². The Morgan fingerprint density at radius 3 is 2.50 bits per heavy atom. The molecule has 0 aliphatic carbocycles. The summed E-state index contributed by atoms with van der Waals surface area (Å²) in [4.78, 5) is 3.77. The maximum atomic E-state index is 9.13. The SMILES string of the molecule is N#CC(=Cc1ccccc1)c1nnc(N)nc1N. The molecule has 0 spiro atoms. The largest absolute Gasteiger partial charge is 0.382 e. The first-order valence-corrected chi connectivity index (χ1v) is 5.13. The highest BCUT2D eigenvalue weighted by Crippen LogP contribution is 2.19. The second-order valence-electron chi connectivity index (χ2n) is 3.48. The van der Waals surface area contributed by atoms with Crippen LogP contribution in [-0.4, -0.2) is 15.2 Å². The fourth-order valence-corrected chi connectivity index (χ4v) is 1.41. The van der Waals surface area contributed by atoms with Crippen LogP contribution in [0.2, 0.25) is 0 Å². The first kappa shape index (κ1) is 11.5. The molecule has 0 fully saturated rings. The van der Waals surface area contributed by atoms with Crippen molar-refractivity contribution in [3.05, 3.63) is 41.6 Å². The number of nitrogens with two attached hydrogens (primary N) is 2. The predicted molar refractivity (Wildman–Crippen MR) is 68.6 cm³/mol. The van der Waals surface area contributed by atoms with Crippen LogP contribution in [0.4, 0.5) is 11.8 Å². The number of benzene rings is 1. The third-order valence-corrected chi connectivity index (χ3v) is 2.22. The molecule has 88 valence electrons. The van der Waals surface area contributed by atoms with Gasteiger partial charge in [0.25, 0.3) is 0 Å². The average Bonchev–Trinajstić information content (AvgIpc) is 2.38. The van der Waals surface area contributed by atoms with Gasteiger partial charge in [0.05, 0.1) is 5.57 Å². The van der Waals surface area contributed by atoms with Crippen molar-refractivity contribution in [2.75, 3.05) is 11.5 Å². The molecule has 0 radical (unpaired) electrons. The number of nitrogens with zero attached hydrogens (tertiary/aromatic N) is 4. The van der Waals surface area contributed by atoms with E-state index in [1.807, 2.05) is 36.4 Å². The molecule has 0 amide bonds. The lowest BCUT2D eigenvalue weighted by molar-refractivity contribution is 0.977. The lowest BCUT2D eigenvalue weighted by atomic mass is 10.1. The molecular formula is C12H10N6. The summed E-state index contributed by atoms with van der Waals surface area (Å²) < 4.78 is 0. The number of nitriles is 1. The van der Waals surface area contributed by atoms with E-state index in [0.29, 0.717) is 5.57 Å². The van der Waals surface area contributed by atoms with Gasteiger partial charge >= 0.3 is 0 Å². The van der Waals surface area contributed by atoms with Crippen LogP contribution in [0.15, 0.2) is 30.3 Å². The molecule has 1 aromatic carbocycles. The van der Waals surface area contributed by atoms with E-state index in [1.54, 1.807) is 6.08 Å². The molecule has 0 aliphatic rings. The van der Waals surface area contributed by atoms with E-state index in [4.69, 9.17) is 16.7 Å². The van der Waals surface area contributed by atoms with E-state index < -0.39 is 0 Å². The van der Waals surface area contributed by atoms with Crippen molar-refractivity contribution in [3.63, 3.8) is 0 Å². The van der Waals surface area contributed by atoms with Crippen molar-refractivity contribution in [1.29, 1.82) is 5.26 Å². The first-order chi connectivity index (χ1) is 8.70. The summed E-state index contributed by atoms with van der Waals surface area (Å²) in [6.07, 6.45) is 1.66. The Morgan fingerprint density at radius 2 is 1.89 bits per heavy atom. The van der Waals surface area contributed by atoms with Gasteiger partial charge in [-0.1, -0.05) is 30.3 Å². The molecule has 0 bridgehead atoms. The number of nitrogen functional groups attached to an aromatic ring is 2. The summed E-state index contributed by atoms with van der Waals surface area (Å²) in [6, 6.07) is 11.4. The molecule has 0 aliphatic heterocycles. The van der Waals surface area contributed by atoms with Crippen molar-refractivity contribution in [1.82, 2.24) is 15.2 Å². The maximum absolute atomic E-state index is 9.13. The van der Waals surface area contributed by atoms with Gasteiger partial charge in [-0.2, -0.15) is 10.2 Å². The second-order valence-corrected chi connectivity index (χ2v) is 3.48. The zero-order valence-electron chi connectivity index (χ0n) is 9.41. The number of rotatable bonds is 2. The van der Waals surface area contributed by atoms with E-state index in [1.165, 1.54) is 0 Å². The van der Waals surface area contributed by atoms with Crippen LogP contribution in [0.5, 0.6) is 0 Å². The Morgan fingerprint density at radius 1 is 1.17 bits per heavy atom. The Balaban J connectivity index is 2.47. The minimum absolute atomic E-state index is 0.0201. The summed E-state index contributed by atoms with van der Waals surface area (Å²) in [5.41, 5.74) is 12.4. The Bertz CT molecular complexity index is 627. The topological polar surface area (TPSA) is 114 Å². The second kappa shape index (κ2) is 4.93. The maximum Gasteiger partial charge on any atom is 0.242 e. The monoisotopic (exact) mass is 238 g/mol. The van der Waals surface area contributed by atoms with Crippen LogP contribution in [0.1, 0.15) is 11.3 Å². The standard InChI is InChI=1S/C12H10N6/c13-7-9(6-8-4-2-1-3-5-8)10-11(14)16-12(15)18-17-10/h1-6H,(H4,14,15,16,18). The zero-order chi connectivity index (χ0) is 13.0. The predicted octanol–water partition coefficient (Wildman–Crippen LogP) is 1.10. The molecule has 1 aromatic heterocycles. The molecule has 0 unspecified atom stereocenters. The van der Waals surface area contributed by atoms with Gasteiger partial charge in [-0.25, -0.2) is 0 Å². The molecular weight excluding hydrogens is 228 g/mol. The molecule has 0 saturated carbocycles. The number of hydrogen-bond donors (Lipinski definition) is 2. The molecule has 2 aromatic rings. The lowest BCUT2D eigenvalue weighted by Crippen LogP contribution is -2.06. The lowest BCUT2D eigenvalue weighted by Gasteiger charge is -2.01. The number of aromatic nitrogens is 3. The summed E-state index contributed by atoms with van der Waals surface area (Å²) in [5, 5.41) is 16.5. The Labute approximate surface area is 104 Å². The molecule has 2 rings (SSSR count). The van der Waals surface area contributed by atoms with Crippen molar-refractivity contribution in [2.45, 2.75) is 0 Å². The highest BCUT2D eigenvalue weighted by atomic mass is 15.2. The van der Waals surface area contributed by atoms with E-state index in [2.05, 4.69) is 15.2 Å². The molecule has 6 nitrogen and oxygen atoms in total. The normalized spacial score (nSPS) is 10.9. The molecule has 6 heteroatoms. The van der Waals surface area contributed by atoms with Crippen molar-refractivity contribution in [2.24, 2.45) is 0 Å². The van der Waals surface area contributed by atoms with Crippen LogP contribution in [0.25, 0.3) is 11.6 Å². The zero-order valence-corrected chi connectivity index (χ0v) is 9.41. The van der Waals surface area contributed by atoms with Gasteiger partial charge in [-0.15, -0.1) is 10.2 Å². The fraction of sp³-hybridized carbons (Fsp3) is 0. The van der Waals surface area contributed by atoms with Gasteiger partial charge in [0.1, 0.15) is 11.8 Å². The number of allylic oxidation sites excluding steroid dienone is 1. The quantitative estimate of drug-likeness (QED) is 0.757. The van der Waals surface area contributed by atoms with Crippen LogP contribution in [-0.2, 0) is 0 Å². The van der Waals surface area contributed by atoms with E-state index in [9.17, 15) is 0 Å². The van der Waals surface area contributed by atoms with Crippen LogP contribution < -0.4 is 11.5 Å². The van der Waals surface area contributed by atoms with Crippen LogP contribution >= 0.6 is 0 Å². The van der Waals surface area contributed by atoms with Gasteiger partial charge in [0.15, 0.2) is 5.82 Å². The van der Waals surface area contributed by atoms with E-state index in [-0.39, 0.29) is 17.5 Å². The average molecular weight is 238 g/mol. The molecule has 0 saturated heterocycles. The highest BCUT2D eigenvalue weighted by Gasteiger charge is 2.10. The van der Waals surface area contributed by atoms with Gasteiger partial charge in [-0.05, 0) is 11.6 Å². The smallest absolute Gasteiger partial charge is 0.242 e. The minimum Gasteiger partial charge on any atom is -0.382 e. The Kier molecular flexibility index (Phi) is 3.16. The van der Waals surface area contributed by atoms with Crippen molar-refractivity contribution >= 4 is 23.4 Å². The van der Waals surface area contributed by atoms with E-state index >= 15 is 0 Å². The molecule has 18 heavy (non-hydrogen) atoms. The van der Waals surface area contributed by atoms with Gasteiger partial charge < -0.3 is 11.5 Å². The number of anilines is 2. The molecule has 1 heterocycles. The summed E-state index contributed by atoms with van der Waals surface area (Å²) in [5.74, 6) is 0.0690. The van der Waals surface area contributed by atoms with Crippen molar-refractivity contribution < 1.29 is 0 Å². The summed E-state index contributed by atoms with van der Waals surface area (Å²) >= 11 is 0. The van der Waals surface area contributed by atoms with Crippen LogP contribution in [0, 0.1) is 11.3 Å². The fourth-order valence-electron chi connectivity index (χ4n) is 1.41. The van der Waals surface area contributed by atoms with Gasteiger partial charge in [0.2, 0.25) is 5.95 Å². The summed E-state index contributed by atoms with van der Waals surface area (Å²) in [6.45, 7) is 0. The highest BCUT2D eigenvalue weighted by molar-refractivity contribution is 5.91. The van der Waals surface area contributed by atoms with Gasteiger partial charge in [-0.3, -0.25) is 0 Å². The number of hydrogen-bond acceptors (Lipinski definition) is 6. The minimum atomic E-state index is -0.0201. The first-order valence-electron chi connectivity index (χ1n) is 5.13. The summed E-state index contributed by atoms with van der Waals surface area (Å²) in [7, 11) is 0. The van der Waals surface area contributed by atoms with E-state index in [0.717, 1.165) is 5.56 Å². The van der Waals surface area contributed by atoms with Crippen LogP contribution in [0.3, 0.4) is 0 Å². The Hall–Kier alpha value is -2.94. The van der Waals surface area contributed by atoms with Crippen molar-refractivity contribution in [3.8, 4) is 6.07 Å². The third-order valence-electron chi connectivity index (χ3n) is 2.22. The molecule has 0 atom stereocenters. The third kappa shape index (κ3) is 2.41. The molecule has 4 N–H and O–H groups in total.